The molecule has 84 valence electrons. The maximum atomic E-state index is 2.40. The minimum absolute atomic E-state index is 0.311. The van der Waals surface area contributed by atoms with Gasteiger partial charge in [-0.2, -0.15) is 0 Å². The molecule has 0 saturated carbocycles. The highest BCUT2D eigenvalue weighted by Gasteiger charge is 2.11. The summed E-state index contributed by atoms with van der Waals surface area (Å²) < 4.78 is 0. The van der Waals surface area contributed by atoms with Crippen molar-refractivity contribution in [2.24, 2.45) is 5.41 Å². The summed E-state index contributed by atoms with van der Waals surface area (Å²) >= 11 is 0. The Bertz CT molecular complexity index is 287. The fourth-order valence-corrected chi connectivity index (χ4v) is 1.80. The van der Waals surface area contributed by atoms with Gasteiger partial charge in [0, 0.05) is 0 Å². The molecule has 0 amide bonds. The quantitative estimate of drug-likeness (QED) is 0.485. The lowest BCUT2D eigenvalue weighted by molar-refractivity contribution is 0.486. The van der Waals surface area contributed by atoms with Crippen molar-refractivity contribution in [3.63, 3.8) is 0 Å². The molecule has 0 heteroatoms. The normalized spacial score (nSPS) is 31.7. The zero-order valence-electron chi connectivity index (χ0n) is 10.6. The van der Waals surface area contributed by atoms with Gasteiger partial charge in [-0.1, -0.05) is 49.3 Å². The minimum atomic E-state index is 0.311. The van der Waals surface area contributed by atoms with E-state index in [2.05, 4.69) is 52.0 Å². The van der Waals surface area contributed by atoms with Crippen molar-refractivity contribution in [1.82, 2.24) is 0 Å². The van der Waals surface area contributed by atoms with Crippen molar-refractivity contribution >= 4 is 0 Å². The van der Waals surface area contributed by atoms with Crippen LogP contribution in [0.3, 0.4) is 0 Å². The van der Waals surface area contributed by atoms with E-state index in [0.717, 1.165) is 12.8 Å². The Labute approximate surface area is 94.8 Å². The third-order valence-electron chi connectivity index (χ3n) is 3.02. The molecule has 1 rings (SSSR count). The van der Waals surface area contributed by atoms with Crippen molar-refractivity contribution < 1.29 is 0 Å². The van der Waals surface area contributed by atoms with Crippen LogP contribution in [0, 0.1) is 5.41 Å². The molecule has 0 heterocycles. The monoisotopic (exact) mass is 204 g/mol. The lowest BCUT2D eigenvalue weighted by atomic mass is 9.87. The van der Waals surface area contributed by atoms with Crippen LogP contribution in [0.5, 0.6) is 0 Å². The highest BCUT2D eigenvalue weighted by molar-refractivity contribution is 5.12. The van der Waals surface area contributed by atoms with E-state index >= 15 is 0 Å². The number of rotatable bonds is 0. The summed E-state index contributed by atoms with van der Waals surface area (Å²) in [5.74, 6) is 0. The summed E-state index contributed by atoms with van der Waals surface area (Å²) in [4.78, 5) is 0. The molecule has 0 N–H and O–H groups in total. The maximum absolute atomic E-state index is 2.40. The zero-order valence-corrected chi connectivity index (χ0v) is 10.6. The van der Waals surface area contributed by atoms with Crippen LogP contribution in [0.1, 0.15) is 53.4 Å². The van der Waals surface area contributed by atoms with Gasteiger partial charge in [0.1, 0.15) is 0 Å². The molecule has 0 radical (unpaired) electrons. The summed E-state index contributed by atoms with van der Waals surface area (Å²) in [5.41, 5.74) is 3.34. The average molecular weight is 204 g/mol. The standard InChI is InChI=1S/C15H24/c1-13-7-5-8-14(2)10-12-15(3,4)11-6-9-13/h6-7,10-11H,5,8-9,12H2,1-4H3/b11-6+,13-7-,14-10-. The van der Waals surface area contributed by atoms with Crippen LogP contribution in [0.25, 0.3) is 0 Å². The lowest BCUT2D eigenvalue weighted by Crippen LogP contribution is -2.05. The van der Waals surface area contributed by atoms with E-state index in [1.807, 2.05) is 0 Å². The van der Waals surface area contributed by atoms with Gasteiger partial charge in [0.2, 0.25) is 0 Å². The molecule has 15 heavy (non-hydrogen) atoms. The average Bonchev–Trinajstić information content (AvgIpc) is 2.15. The van der Waals surface area contributed by atoms with Gasteiger partial charge in [-0.15, -0.1) is 0 Å². The van der Waals surface area contributed by atoms with Crippen LogP contribution in [0.15, 0.2) is 35.5 Å². The number of hydrogen-bond acceptors (Lipinski definition) is 0. The van der Waals surface area contributed by atoms with Gasteiger partial charge in [-0.05, 0) is 44.9 Å². The van der Waals surface area contributed by atoms with Crippen molar-refractivity contribution in [2.75, 3.05) is 0 Å². The third-order valence-corrected chi connectivity index (χ3v) is 3.02. The third kappa shape index (κ3) is 5.01. The molecule has 0 bridgehead atoms. The Balaban J connectivity index is 2.79. The summed E-state index contributed by atoms with van der Waals surface area (Å²) in [6.45, 7) is 9.10. The highest BCUT2D eigenvalue weighted by Crippen LogP contribution is 2.25. The van der Waals surface area contributed by atoms with Gasteiger partial charge in [0.25, 0.3) is 0 Å². The largest absolute Gasteiger partial charge is 0.0850 e. The molecule has 0 aromatic rings. The minimum Gasteiger partial charge on any atom is -0.0850 e. The molecule has 0 aromatic carbocycles. The van der Waals surface area contributed by atoms with Gasteiger partial charge in [0.15, 0.2) is 0 Å². The van der Waals surface area contributed by atoms with Crippen LogP contribution in [-0.2, 0) is 0 Å². The molecule has 1 aliphatic carbocycles. The van der Waals surface area contributed by atoms with Gasteiger partial charge in [0.05, 0.1) is 0 Å². The molecule has 0 unspecified atom stereocenters. The summed E-state index contributed by atoms with van der Waals surface area (Å²) in [5, 5.41) is 0. The van der Waals surface area contributed by atoms with E-state index in [1.165, 1.54) is 24.0 Å². The Morgan fingerprint density at radius 3 is 2.53 bits per heavy atom. The molecule has 0 atom stereocenters. The van der Waals surface area contributed by atoms with Crippen molar-refractivity contribution in [2.45, 2.75) is 53.4 Å². The first kappa shape index (κ1) is 12.3. The molecule has 0 nitrogen and oxygen atoms in total. The summed E-state index contributed by atoms with van der Waals surface area (Å²) in [6, 6.07) is 0. The predicted molar refractivity (Wildman–Crippen MR) is 68.9 cm³/mol. The van der Waals surface area contributed by atoms with E-state index in [1.54, 1.807) is 0 Å². The molecule has 0 saturated heterocycles. The topological polar surface area (TPSA) is 0 Å². The second kappa shape index (κ2) is 5.34. The molecular formula is C15H24. The van der Waals surface area contributed by atoms with Crippen molar-refractivity contribution in [3.05, 3.63) is 35.5 Å². The fourth-order valence-electron chi connectivity index (χ4n) is 1.80. The maximum Gasteiger partial charge on any atom is -0.0140 e. The Morgan fingerprint density at radius 2 is 1.80 bits per heavy atom. The van der Waals surface area contributed by atoms with Crippen LogP contribution in [0.2, 0.25) is 0 Å². The number of allylic oxidation sites excluding steroid dienone is 6. The Kier molecular flexibility index (Phi) is 4.38. The van der Waals surface area contributed by atoms with Gasteiger partial charge < -0.3 is 0 Å². The van der Waals surface area contributed by atoms with Crippen molar-refractivity contribution in [3.8, 4) is 0 Å². The van der Waals surface area contributed by atoms with Crippen LogP contribution < -0.4 is 0 Å². The zero-order chi connectivity index (χ0) is 11.3. The second-order valence-electron chi connectivity index (χ2n) is 5.44. The summed E-state index contributed by atoms with van der Waals surface area (Å²) in [7, 11) is 0. The first-order valence-corrected chi connectivity index (χ1v) is 5.98. The predicted octanol–water partition coefficient (Wildman–Crippen LogP) is 5.04. The molecule has 0 aliphatic heterocycles. The molecule has 1 aliphatic rings. The van der Waals surface area contributed by atoms with Crippen LogP contribution in [0.4, 0.5) is 0 Å². The molecular weight excluding hydrogens is 180 g/mol. The van der Waals surface area contributed by atoms with E-state index in [9.17, 15) is 0 Å². The fraction of sp³-hybridized carbons (Fsp3) is 0.600. The van der Waals surface area contributed by atoms with E-state index in [-0.39, 0.29) is 0 Å². The van der Waals surface area contributed by atoms with E-state index < -0.39 is 0 Å². The second-order valence-corrected chi connectivity index (χ2v) is 5.44. The molecule has 0 aromatic heterocycles. The number of hydrogen-bond donors (Lipinski definition) is 0. The SMILES string of the molecule is C/C1=C/CC/C(C)=C\CC(C)(C)/C=C/C1. The smallest absolute Gasteiger partial charge is 0.0140 e. The Hall–Kier alpha value is -0.780. The van der Waals surface area contributed by atoms with Crippen LogP contribution >= 0.6 is 0 Å². The lowest BCUT2D eigenvalue weighted by Gasteiger charge is -2.18. The first-order chi connectivity index (χ1) is 6.99. The van der Waals surface area contributed by atoms with E-state index in [4.69, 9.17) is 0 Å². The first-order valence-electron chi connectivity index (χ1n) is 5.98. The van der Waals surface area contributed by atoms with Crippen molar-refractivity contribution in [1.29, 1.82) is 0 Å². The van der Waals surface area contributed by atoms with Gasteiger partial charge in [-0.3, -0.25) is 0 Å². The highest BCUT2D eigenvalue weighted by atomic mass is 14.2. The summed E-state index contributed by atoms with van der Waals surface area (Å²) in [6.07, 6.45) is 14.1. The van der Waals surface area contributed by atoms with Gasteiger partial charge in [-0.25, -0.2) is 0 Å². The van der Waals surface area contributed by atoms with Gasteiger partial charge >= 0.3 is 0 Å². The van der Waals surface area contributed by atoms with E-state index in [0.29, 0.717) is 5.41 Å². The Morgan fingerprint density at radius 1 is 1.07 bits per heavy atom. The molecule has 0 fully saturated rings. The molecule has 0 spiro atoms. The van der Waals surface area contributed by atoms with Crippen LogP contribution in [-0.4, -0.2) is 0 Å².